The third-order valence-corrected chi connectivity index (χ3v) is 4.90. The van der Waals surface area contributed by atoms with E-state index in [0.717, 1.165) is 4.34 Å². The third kappa shape index (κ3) is 3.52. The van der Waals surface area contributed by atoms with Crippen molar-refractivity contribution in [2.75, 3.05) is 5.32 Å². The van der Waals surface area contributed by atoms with Crippen LogP contribution < -0.4 is 11.1 Å². The highest BCUT2D eigenvalue weighted by molar-refractivity contribution is 8.02. The lowest BCUT2D eigenvalue weighted by Gasteiger charge is -2.09. The van der Waals surface area contributed by atoms with Crippen molar-refractivity contribution in [2.45, 2.75) is 16.5 Å². The normalized spacial score (nSPS) is 12.1. The number of nitrogens with one attached hydrogen (secondary N) is 1. The minimum Gasteiger partial charge on any atom is -0.366 e. The summed E-state index contributed by atoms with van der Waals surface area (Å²) in [4.78, 5) is 23.1. The van der Waals surface area contributed by atoms with Gasteiger partial charge in [0, 0.05) is 0 Å². The zero-order chi connectivity index (χ0) is 13.8. The molecule has 2 heterocycles. The fraction of sp³-hybridized carbons (Fsp3) is 0.200. The number of carbonyl (C=O) groups is 2. The number of nitrogens with two attached hydrogens (primary N) is 1. The molecule has 1 atom stereocenters. The lowest BCUT2D eigenvalue weighted by atomic mass is 10.3. The van der Waals surface area contributed by atoms with Gasteiger partial charge in [0.2, 0.25) is 5.91 Å². The first-order valence-corrected chi connectivity index (χ1v) is 7.83. The van der Waals surface area contributed by atoms with Gasteiger partial charge < -0.3 is 11.1 Å². The zero-order valence-electron chi connectivity index (χ0n) is 9.82. The highest BCUT2D eigenvalue weighted by atomic mass is 32.2. The summed E-state index contributed by atoms with van der Waals surface area (Å²) < 4.78 is 0.726. The quantitative estimate of drug-likeness (QED) is 0.820. The van der Waals surface area contributed by atoms with E-state index < -0.39 is 5.91 Å². The summed E-state index contributed by atoms with van der Waals surface area (Å²) in [6.45, 7) is 1.76. The molecule has 0 fully saturated rings. The molecule has 0 radical (unpaired) electrons. The molecule has 100 valence electrons. The van der Waals surface area contributed by atoms with Crippen molar-refractivity contribution in [2.24, 2.45) is 5.73 Å². The number of hydrogen-bond acceptors (Lipinski definition) is 7. The van der Waals surface area contributed by atoms with Gasteiger partial charge in [-0.1, -0.05) is 23.1 Å². The summed E-state index contributed by atoms with van der Waals surface area (Å²) in [5.74, 6) is -0.758. The van der Waals surface area contributed by atoms with Gasteiger partial charge in [0.1, 0.15) is 10.5 Å². The predicted molar refractivity (Wildman–Crippen MR) is 76.7 cm³/mol. The molecule has 0 aliphatic rings. The monoisotopic (exact) mass is 314 g/mol. The first-order valence-electron chi connectivity index (χ1n) is 5.19. The summed E-state index contributed by atoms with van der Waals surface area (Å²) >= 11 is 3.95. The molecule has 0 unspecified atom stereocenters. The summed E-state index contributed by atoms with van der Waals surface area (Å²) in [6.07, 6.45) is 0. The second-order valence-electron chi connectivity index (χ2n) is 3.48. The maximum absolute atomic E-state index is 12.0. The molecule has 19 heavy (non-hydrogen) atoms. The number of anilines is 1. The second kappa shape index (κ2) is 6.13. The Kier molecular flexibility index (Phi) is 4.51. The van der Waals surface area contributed by atoms with Crippen LogP contribution >= 0.6 is 34.4 Å². The Labute approximate surface area is 121 Å². The fourth-order valence-corrected chi connectivity index (χ4v) is 3.65. The molecule has 6 nitrogen and oxygen atoms in total. The Morgan fingerprint density at radius 1 is 1.47 bits per heavy atom. The first kappa shape index (κ1) is 14.0. The number of amides is 2. The molecule has 0 saturated carbocycles. The molecule has 0 aromatic carbocycles. The number of hydrogen-bond donors (Lipinski definition) is 2. The SMILES string of the molecule is C[C@H](Sc1nncs1)C(=O)Nc1sccc1C(N)=O. The van der Waals surface area contributed by atoms with Gasteiger partial charge in [-0.15, -0.1) is 21.5 Å². The van der Waals surface area contributed by atoms with E-state index in [1.165, 1.54) is 34.4 Å². The Morgan fingerprint density at radius 2 is 2.26 bits per heavy atom. The van der Waals surface area contributed by atoms with Crippen molar-refractivity contribution in [1.29, 1.82) is 0 Å². The van der Waals surface area contributed by atoms with E-state index >= 15 is 0 Å². The van der Waals surface area contributed by atoms with Crippen molar-refractivity contribution >= 4 is 51.3 Å². The van der Waals surface area contributed by atoms with E-state index in [2.05, 4.69) is 15.5 Å². The average Bonchev–Trinajstić information content (AvgIpc) is 2.99. The molecule has 3 N–H and O–H groups in total. The van der Waals surface area contributed by atoms with Crippen LogP contribution in [-0.4, -0.2) is 27.3 Å². The smallest absolute Gasteiger partial charge is 0.251 e. The predicted octanol–water partition coefficient (Wildman–Crippen LogP) is 1.82. The summed E-state index contributed by atoms with van der Waals surface area (Å²) in [5.41, 5.74) is 7.15. The second-order valence-corrected chi connectivity index (χ2v) is 6.82. The van der Waals surface area contributed by atoms with Crippen molar-refractivity contribution < 1.29 is 9.59 Å². The number of carbonyl (C=O) groups excluding carboxylic acids is 2. The molecule has 0 spiro atoms. The van der Waals surface area contributed by atoms with Gasteiger partial charge in [-0.3, -0.25) is 9.59 Å². The van der Waals surface area contributed by atoms with E-state index in [1.54, 1.807) is 23.9 Å². The van der Waals surface area contributed by atoms with Gasteiger partial charge in [0.15, 0.2) is 4.34 Å². The molecule has 2 amide bonds. The fourth-order valence-electron chi connectivity index (χ4n) is 1.23. The third-order valence-electron chi connectivity index (χ3n) is 2.15. The molecule has 0 bridgehead atoms. The molecule has 2 aromatic rings. The molecule has 0 aliphatic heterocycles. The van der Waals surface area contributed by atoms with Crippen LogP contribution in [0.25, 0.3) is 0 Å². The maximum atomic E-state index is 12.0. The van der Waals surface area contributed by atoms with E-state index in [0.29, 0.717) is 10.6 Å². The van der Waals surface area contributed by atoms with Crippen LogP contribution in [0.1, 0.15) is 17.3 Å². The Hall–Kier alpha value is -1.45. The van der Waals surface area contributed by atoms with Crippen LogP contribution in [0.3, 0.4) is 0 Å². The van der Waals surface area contributed by atoms with Gasteiger partial charge in [-0.2, -0.15) is 0 Å². The van der Waals surface area contributed by atoms with Crippen LogP contribution in [0.5, 0.6) is 0 Å². The van der Waals surface area contributed by atoms with Gasteiger partial charge in [-0.05, 0) is 18.4 Å². The van der Waals surface area contributed by atoms with E-state index in [-0.39, 0.29) is 11.2 Å². The first-order chi connectivity index (χ1) is 9.08. The number of rotatable bonds is 5. The standard InChI is InChI=1S/C10H10N4O2S3/c1-5(19-10-14-12-4-18-10)8(16)13-9-6(7(11)15)2-3-17-9/h2-5H,1H3,(H2,11,15)(H,13,16)/t5-/m0/s1. The average molecular weight is 314 g/mol. The zero-order valence-corrected chi connectivity index (χ0v) is 12.3. The molecular weight excluding hydrogens is 304 g/mol. The van der Waals surface area contributed by atoms with Gasteiger partial charge in [0.05, 0.1) is 10.8 Å². The lowest BCUT2D eigenvalue weighted by Crippen LogP contribution is -2.23. The Balaban J connectivity index is 2.00. The van der Waals surface area contributed by atoms with Crippen LogP contribution in [0.15, 0.2) is 21.3 Å². The van der Waals surface area contributed by atoms with E-state index in [1.807, 2.05) is 0 Å². The molecule has 0 aliphatic carbocycles. The van der Waals surface area contributed by atoms with Crippen LogP contribution in [-0.2, 0) is 4.79 Å². The molecule has 2 aromatic heterocycles. The van der Waals surface area contributed by atoms with Crippen LogP contribution in [0.4, 0.5) is 5.00 Å². The van der Waals surface area contributed by atoms with Crippen molar-refractivity contribution in [3.05, 3.63) is 22.5 Å². The van der Waals surface area contributed by atoms with Crippen molar-refractivity contribution in [1.82, 2.24) is 10.2 Å². The highest BCUT2D eigenvalue weighted by Gasteiger charge is 2.19. The van der Waals surface area contributed by atoms with E-state index in [9.17, 15) is 9.59 Å². The maximum Gasteiger partial charge on any atom is 0.251 e. The minimum absolute atomic E-state index is 0.204. The lowest BCUT2D eigenvalue weighted by molar-refractivity contribution is -0.115. The number of nitrogens with zero attached hydrogens (tertiary/aromatic N) is 2. The Morgan fingerprint density at radius 3 is 2.89 bits per heavy atom. The van der Waals surface area contributed by atoms with Gasteiger partial charge >= 0.3 is 0 Å². The van der Waals surface area contributed by atoms with Crippen molar-refractivity contribution in [3.8, 4) is 0 Å². The van der Waals surface area contributed by atoms with Gasteiger partial charge in [-0.25, -0.2) is 0 Å². The van der Waals surface area contributed by atoms with E-state index in [4.69, 9.17) is 5.73 Å². The van der Waals surface area contributed by atoms with Crippen molar-refractivity contribution in [3.63, 3.8) is 0 Å². The molecular formula is C10H10N4O2S3. The number of thiophene rings is 1. The highest BCUT2D eigenvalue weighted by Crippen LogP contribution is 2.27. The number of aromatic nitrogens is 2. The number of primary amides is 1. The Bertz CT molecular complexity index is 581. The topological polar surface area (TPSA) is 98.0 Å². The summed E-state index contributed by atoms with van der Waals surface area (Å²) in [6, 6.07) is 1.59. The number of thioether (sulfide) groups is 1. The molecule has 9 heteroatoms. The van der Waals surface area contributed by atoms with Crippen LogP contribution in [0.2, 0.25) is 0 Å². The minimum atomic E-state index is -0.555. The summed E-state index contributed by atoms with van der Waals surface area (Å²) in [5, 5.41) is 12.1. The summed E-state index contributed by atoms with van der Waals surface area (Å²) in [7, 11) is 0. The molecule has 2 rings (SSSR count). The van der Waals surface area contributed by atoms with Gasteiger partial charge in [0.25, 0.3) is 5.91 Å². The molecule has 0 saturated heterocycles. The largest absolute Gasteiger partial charge is 0.366 e. The van der Waals surface area contributed by atoms with Crippen LogP contribution in [0, 0.1) is 0 Å².